The first kappa shape index (κ1) is 17.7. The fraction of sp³-hybridized carbons (Fsp3) is 0.429. The van der Waals surface area contributed by atoms with Gasteiger partial charge in [0, 0.05) is 33.7 Å². The van der Waals surface area contributed by atoms with Gasteiger partial charge in [-0.3, -0.25) is 4.99 Å². The van der Waals surface area contributed by atoms with E-state index in [1.54, 1.807) is 14.2 Å². The number of methoxy groups -OCH3 is 1. The Hall–Kier alpha value is -1.35. The predicted molar refractivity (Wildman–Crippen MR) is 96.5 cm³/mol. The Labute approximate surface area is 141 Å². The highest BCUT2D eigenvalue weighted by atomic mass is 127. The number of rotatable bonds is 6. The molecule has 0 unspecified atom stereocenters. The minimum Gasteiger partial charge on any atom is -0.383 e. The Kier molecular flexibility index (Phi) is 8.06. The smallest absolute Gasteiger partial charge is 0.191 e. The Morgan fingerprint density at radius 1 is 1.29 bits per heavy atom. The predicted octanol–water partition coefficient (Wildman–Crippen LogP) is 1.53. The standard InChI is InChI=1S/C14H21N5O.HI/c1-15-14(17-9-10-20-2)16-8-7-13-18-11-5-3-4-6-12(11)19-13;/h3-6H,7-10H2,1-2H3,(H,18,19)(H2,15,16,17);1H. The van der Waals surface area contributed by atoms with Crippen molar-refractivity contribution in [2.45, 2.75) is 6.42 Å². The summed E-state index contributed by atoms with van der Waals surface area (Å²) in [5.74, 6) is 1.75. The Morgan fingerprint density at radius 3 is 2.76 bits per heavy atom. The van der Waals surface area contributed by atoms with Crippen LogP contribution in [0.15, 0.2) is 29.3 Å². The summed E-state index contributed by atoms with van der Waals surface area (Å²) >= 11 is 0. The van der Waals surface area contributed by atoms with E-state index in [0.717, 1.165) is 42.3 Å². The van der Waals surface area contributed by atoms with Gasteiger partial charge in [0.2, 0.25) is 0 Å². The van der Waals surface area contributed by atoms with E-state index in [-0.39, 0.29) is 24.0 Å². The lowest BCUT2D eigenvalue weighted by Gasteiger charge is -2.10. The van der Waals surface area contributed by atoms with Crippen LogP contribution in [0, 0.1) is 0 Å². The van der Waals surface area contributed by atoms with Gasteiger partial charge in [-0.05, 0) is 12.1 Å². The van der Waals surface area contributed by atoms with Crippen LogP contribution >= 0.6 is 24.0 Å². The number of hydrogen-bond acceptors (Lipinski definition) is 3. The lowest BCUT2D eigenvalue weighted by atomic mass is 10.3. The number of para-hydroxylation sites is 2. The van der Waals surface area contributed by atoms with Gasteiger partial charge in [-0.1, -0.05) is 12.1 Å². The zero-order valence-corrected chi connectivity index (χ0v) is 14.7. The molecule has 21 heavy (non-hydrogen) atoms. The van der Waals surface area contributed by atoms with Crippen molar-refractivity contribution in [1.82, 2.24) is 20.6 Å². The van der Waals surface area contributed by atoms with Crippen molar-refractivity contribution in [3.05, 3.63) is 30.1 Å². The van der Waals surface area contributed by atoms with Gasteiger partial charge in [-0.15, -0.1) is 24.0 Å². The number of halogens is 1. The van der Waals surface area contributed by atoms with Crippen LogP contribution in [0.2, 0.25) is 0 Å². The Balaban J connectivity index is 0.00000220. The average Bonchev–Trinajstić information content (AvgIpc) is 2.88. The maximum atomic E-state index is 4.98. The first-order valence-electron chi connectivity index (χ1n) is 6.70. The molecule has 2 rings (SSSR count). The zero-order valence-electron chi connectivity index (χ0n) is 12.3. The van der Waals surface area contributed by atoms with E-state index in [9.17, 15) is 0 Å². The van der Waals surface area contributed by atoms with Crippen LogP contribution in [0.3, 0.4) is 0 Å². The molecule has 7 heteroatoms. The number of benzene rings is 1. The van der Waals surface area contributed by atoms with E-state index < -0.39 is 0 Å². The van der Waals surface area contributed by atoms with Crippen molar-refractivity contribution < 1.29 is 4.74 Å². The maximum Gasteiger partial charge on any atom is 0.191 e. The van der Waals surface area contributed by atoms with Crippen molar-refractivity contribution in [3.8, 4) is 0 Å². The molecule has 116 valence electrons. The number of guanidine groups is 1. The highest BCUT2D eigenvalue weighted by Gasteiger charge is 2.02. The molecule has 6 nitrogen and oxygen atoms in total. The highest BCUT2D eigenvalue weighted by molar-refractivity contribution is 14.0. The van der Waals surface area contributed by atoms with E-state index in [4.69, 9.17) is 4.74 Å². The Morgan fingerprint density at radius 2 is 2.05 bits per heavy atom. The van der Waals surface area contributed by atoms with Gasteiger partial charge in [0.15, 0.2) is 5.96 Å². The topological polar surface area (TPSA) is 74.3 Å². The number of fused-ring (bicyclic) bond motifs is 1. The number of aromatic amines is 1. The minimum absolute atomic E-state index is 0. The van der Waals surface area contributed by atoms with Crippen LogP contribution in [0.5, 0.6) is 0 Å². The van der Waals surface area contributed by atoms with E-state index in [2.05, 4.69) is 25.6 Å². The number of H-pyrrole nitrogens is 1. The quantitative estimate of drug-likeness (QED) is 0.296. The number of nitrogens with zero attached hydrogens (tertiary/aromatic N) is 2. The normalized spacial score (nSPS) is 11.2. The van der Waals surface area contributed by atoms with Crippen LogP contribution in [-0.4, -0.2) is 49.8 Å². The molecule has 0 bridgehead atoms. The summed E-state index contributed by atoms with van der Waals surface area (Å²) in [6.45, 7) is 2.16. The molecule has 1 aromatic heterocycles. The van der Waals surface area contributed by atoms with E-state index in [0.29, 0.717) is 6.61 Å². The summed E-state index contributed by atoms with van der Waals surface area (Å²) in [6.07, 6.45) is 0.819. The first-order valence-corrected chi connectivity index (χ1v) is 6.70. The molecule has 0 fully saturated rings. The molecule has 0 spiro atoms. The molecular weight excluding hydrogens is 381 g/mol. The average molecular weight is 403 g/mol. The molecule has 0 aliphatic carbocycles. The van der Waals surface area contributed by atoms with Gasteiger partial charge in [0.05, 0.1) is 17.6 Å². The third kappa shape index (κ3) is 5.50. The van der Waals surface area contributed by atoms with Crippen LogP contribution in [0.25, 0.3) is 11.0 Å². The summed E-state index contributed by atoms with van der Waals surface area (Å²) < 4.78 is 4.98. The molecule has 3 N–H and O–H groups in total. The van der Waals surface area contributed by atoms with Gasteiger partial charge in [0.25, 0.3) is 0 Å². The fourth-order valence-electron chi connectivity index (χ4n) is 1.92. The molecule has 2 aromatic rings. The summed E-state index contributed by atoms with van der Waals surface area (Å²) in [7, 11) is 3.43. The molecular formula is C14H22IN5O. The molecule has 0 saturated heterocycles. The van der Waals surface area contributed by atoms with Crippen LogP contribution in [0.1, 0.15) is 5.82 Å². The number of ether oxygens (including phenoxy) is 1. The number of aliphatic imine (C=N–C) groups is 1. The van der Waals surface area contributed by atoms with E-state index >= 15 is 0 Å². The van der Waals surface area contributed by atoms with Gasteiger partial charge >= 0.3 is 0 Å². The second kappa shape index (κ2) is 9.56. The van der Waals surface area contributed by atoms with Crippen LogP contribution in [0.4, 0.5) is 0 Å². The molecule has 0 aliphatic rings. The van der Waals surface area contributed by atoms with Crippen molar-refractivity contribution >= 4 is 41.0 Å². The summed E-state index contributed by atoms with van der Waals surface area (Å²) in [6, 6.07) is 8.04. The third-order valence-electron chi connectivity index (χ3n) is 2.91. The zero-order chi connectivity index (χ0) is 14.2. The molecule has 0 amide bonds. The second-order valence-electron chi connectivity index (χ2n) is 4.37. The fourth-order valence-corrected chi connectivity index (χ4v) is 1.92. The number of hydrogen-bond donors (Lipinski definition) is 3. The highest BCUT2D eigenvalue weighted by Crippen LogP contribution is 2.10. The van der Waals surface area contributed by atoms with Crippen LogP contribution < -0.4 is 10.6 Å². The van der Waals surface area contributed by atoms with Crippen LogP contribution in [-0.2, 0) is 11.2 Å². The summed E-state index contributed by atoms with van der Waals surface area (Å²) in [5.41, 5.74) is 2.08. The molecule has 0 aliphatic heterocycles. The number of imidazole rings is 1. The lowest BCUT2D eigenvalue weighted by molar-refractivity contribution is 0.203. The van der Waals surface area contributed by atoms with E-state index in [1.807, 2.05) is 24.3 Å². The minimum atomic E-state index is 0. The summed E-state index contributed by atoms with van der Waals surface area (Å²) in [4.78, 5) is 12.0. The Bertz CT molecular complexity index is 536. The number of nitrogens with one attached hydrogen (secondary N) is 3. The number of aromatic nitrogens is 2. The second-order valence-corrected chi connectivity index (χ2v) is 4.37. The molecule has 1 heterocycles. The third-order valence-corrected chi connectivity index (χ3v) is 2.91. The molecule has 0 saturated carbocycles. The molecule has 0 atom stereocenters. The van der Waals surface area contributed by atoms with Crippen molar-refractivity contribution in [1.29, 1.82) is 0 Å². The lowest BCUT2D eigenvalue weighted by Crippen LogP contribution is -2.39. The molecule has 0 radical (unpaired) electrons. The summed E-state index contributed by atoms with van der Waals surface area (Å²) in [5, 5.41) is 6.41. The SMILES string of the molecule is CN=C(NCCOC)NCCc1nc2ccccc2[nH]1.I. The van der Waals surface area contributed by atoms with Crippen molar-refractivity contribution in [2.75, 3.05) is 33.9 Å². The van der Waals surface area contributed by atoms with Gasteiger partial charge in [0.1, 0.15) is 5.82 Å². The van der Waals surface area contributed by atoms with Gasteiger partial charge in [-0.2, -0.15) is 0 Å². The first-order chi connectivity index (χ1) is 9.83. The van der Waals surface area contributed by atoms with Gasteiger partial charge in [-0.25, -0.2) is 4.98 Å². The maximum absolute atomic E-state index is 4.98. The largest absolute Gasteiger partial charge is 0.383 e. The van der Waals surface area contributed by atoms with Crippen molar-refractivity contribution in [2.24, 2.45) is 4.99 Å². The molecule has 1 aromatic carbocycles. The van der Waals surface area contributed by atoms with Gasteiger partial charge < -0.3 is 20.4 Å². The monoisotopic (exact) mass is 403 g/mol. The van der Waals surface area contributed by atoms with Crippen molar-refractivity contribution in [3.63, 3.8) is 0 Å². The van der Waals surface area contributed by atoms with E-state index in [1.165, 1.54) is 0 Å².